The smallest absolute Gasteiger partial charge is 0.262 e. The summed E-state index contributed by atoms with van der Waals surface area (Å²) in [6.07, 6.45) is 0. The number of sulfonamides is 1. The number of nitrogens with one attached hydrogen (secondary N) is 2. The van der Waals surface area contributed by atoms with Gasteiger partial charge in [-0.3, -0.25) is 9.52 Å². The van der Waals surface area contributed by atoms with E-state index in [2.05, 4.69) is 10.0 Å². The number of rotatable bonds is 9. The Morgan fingerprint density at radius 2 is 1.69 bits per heavy atom. The van der Waals surface area contributed by atoms with Crippen molar-refractivity contribution in [2.24, 2.45) is 0 Å². The summed E-state index contributed by atoms with van der Waals surface area (Å²) >= 11 is 12.1. The lowest BCUT2D eigenvalue weighted by Crippen LogP contribution is -2.20. The van der Waals surface area contributed by atoms with E-state index in [4.69, 9.17) is 32.7 Å². The fraction of sp³-hybridized carbons (Fsp3) is 0.136. The van der Waals surface area contributed by atoms with Crippen LogP contribution in [0.15, 0.2) is 71.6 Å². The molecule has 3 rings (SSSR count). The minimum Gasteiger partial charge on any atom is -0.494 e. The van der Waals surface area contributed by atoms with Gasteiger partial charge in [-0.25, -0.2) is 8.42 Å². The van der Waals surface area contributed by atoms with Crippen molar-refractivity contribution in [3.8, 4) is 11.5 Å². The lowest BCUT2D eigenvalue weighted by molar-refractivity contribution is -0.118. The summed E-state index contributed by atoms with van der Waals surface area (Å²) in [4.78, 5) is 12.0. The van der Waals surface area contributed by atoms with Gasteiger partial charge < -0.3 is 14.8 Å². The first-order valence-electron chi connectivity index (χ1n) is 9.50. The largest absolute Gasteiger partial charge is 0.494 e. The molecule has 0 heterocycles. The monoisotopic (exact) mass is 494 g/mol. The van der Waals surface area contributed by atoms with Crippen LogP contribution in [0.4, 0.5) is 11.4 Å². The highest BCUT2D eigenvalue weighted by atomic mass is 35.5. The van der Waals surface area contributed by atoms with Crippen LogP contribution in [0.3, 0.4) is 0 Å². The van der Waals surface area contributed by atoms with E-state index < -0.39 is 15.9 Å². The second-order valence-corrected chi connectivity index (χ2v) is 9.03. The lowest BCUT2D eigenvalue weighted by Gasteiger charge is -2.12. The van der Waals surface area contributed by atoms with Crippen molar-refractivity contribution in [2.75, 3.05) is 23.3 Å². The van der Waals surface area contributed by atoms with Gasteiger partial charge in [0, 0.05) is 16.4 Å². The highest BCUT2D eigenvalue weighted by molar-refractivity contribution is 7.92. The average molecular weight is 495 g/mol. The third kappa shape index (κ3) is 6.53. The van der Waals surface area contributed by atoms with Crippen molar-refractivity contribution in [2.45, 2.75) is 11.8 Å². The summed E-state index contributed by atoms with van der Waals surface area (Å²) in [5, 5.41) is 3.18. The van der Waals surface area contributed by atoms with E-state index in [1.807, 2.05) is 6.92 Å². The second-order valence-electron chi connectivity index (χ2n) is 6.50. The van der Waals surface area contributed by atoms with Gasteiger partial charge in [-0.1, -0.05) is 29.3 Å². The van der Waals surface area contributed by atoms with Crippen LogP contribution in [0.25, 0.3) is 0 Å². The van der Waals surface area contributed by atoms with Gasteiger partial charge in [0.15, 0.2) is 6.61 Å². The SMILES string of the molecule is CCOc1ccc(NS(=O)(=O)c2ccc(OCC(=O)Nc3cccc(Cl)c3)c(Cl)c2)cc1. The topological polar surface area (TPSA) is 93.7 Å². The fourth-order valence-corrected chi connectivity index (χ4v) is 4.25. The summed E-state index contributed by atoms with van der Waals surface area (Å²) in [6.45, 7) is 2.06. The first kappa shape index (κ1) is 23.7. The van der Waals surface area contributed by atoms with Crippen molar-refractivity contribution >= 4 is 50.5 Å². The molecule has 3 aromatic carbocycles. The molecule has 7 nitrogen and oxygen atoms in total. The molecule has 10 heteroatoms. The van der Waals surface area contributed by atoms with Gasteiger partial charge in [0.1, 0.15) is 11.5 Å². The minimum atomic E-state index is -3.88. The number of amides is 1. The molecular formula is C22H20Cl2N2O5S. The molecule has 0 unspecified atom stereocenters. The quantitative estimate of drug-likeness (QED) is 0.425. The van der Waals surface area contributed by atoms with E-state index in [1.165, 1.54) is 18.2 Å². The Kier molecular flexibility index (Phi) is 7.84. The van der Waals surface area contributed by atoms with Gasteiger partial charge in [-0.15, -0.1) is 0 Å². The van der Waals surface area contributed by atoms with Crippen molar-refractivity contribution in [3.05, 3.63) is 76.8 Å². The fourth-order valence-electron chi connectivity index (χ4n) is 2.67. The zero-order valence-corrected chi connectivity index (χ0v) is 19.3. The first-order valence-corrected chi connectivity index (χ1v) is 11.7. The van der Waals surface area contributed by atoms with Crippen LogP contribution in [0.1, 0.15) is 6.92 Å². The molecule has 2 N–H and O–H groups in total. The van der Waals surface area contributed by atoms with Gasteiger partial charge in [-0.2, -0.15) is 0 Å². The Morgan fingerprint density at radius 1 is 0.938 bits per heavy atom. The standard InChI is InChI=1S/C22H20Cl2N2O5S/c1-2-30-18-8-6-16(7-9-18)26-32(28,29)19-10-11-21(20(24)13-19)31-14-22(27)25-17-5-3-4-15(23)12-17/h3-13,26H,2,14H2,1H3,(H,25,27). The maximum atomic E-state index is 12.7. The summed E-state index contributed by atoms with van der Waals surface area (Å²) in [6, 6.07) is 17.2. The van der Waals surface area contributed by atoms with E-state index in [9.17, 15) is 13.2 Å². The molecule has 0 aromatic heterocycles. The van der Waals surface area contributed by atoms with Crippen LogP contribution in [-0.2, 0) is 14.8 Å². The van der Waals surface area contributed by atoms with Crippen LogP contribution in [0.2, 0.25) is 10.0 Å². The number of anilines is 2. The molecule has 0 saturated heterocycles. The van der Waals surface area contributed by atoms with Crippen molar-refractivity contribution < 1.29 is 22.7 Å². The van der Waals surface area contributed by atoms with Gasteiger partial charge in [0.05, 0.1) is 16.5 Å². The predicted molar refractivity (Wildman–Crippen MR) is 125 cm³/mol. The zero-order valence-electron chi connectivity index (χ0n) is 17.0. The molecule has 0 aliphatic heterocycles. The maximum Gasteiger partial charge on any atom is 0.262 e. The molecule has 0 aliphatic carbocycles. The molecule has 0 atom stereocenters. The summed E-state index contributed by atoms with van der Waals surface area (Å²) in [5.74, 6) is 0.393. The number of halogens is 2. The zero-order chi connectivity index (χ0) is 23.1. The highest BCUT2D eigenvalue weighted by Gasteiger charge is 2.17. The number of carbonyl (C=O) groups is 1. The predicted octanol–water partition coefficient (Wildman–Crippen LogP) is 5.21. The van der Waals surface area contributed by atoms with Gasteiger partial charge in [-0.05, 0) is 67.6 Å². The van der Waals surface area contributed by atoms with E-state index in [-0.39, 0.29) is 22.3 Å². The Morgan fingerprint density at radius 3 is 2.34 bits per heavy atom. The average Bonchev–Trinajstić information content (AvgIpc) is 2.74. The van der Waals surface area contributed by atoms with Crippen molar-refractivity contribution in [1.29, 1.82) is 0 Å². The van der Waals surface area contributed by atoms with Crippen molar-refractivity contribution in [1.82, 2.24) is 0 Å². The Bertz CT molecular complexity index is 1200. The number of hydrogen-bond acceptors (Lipinski definition) is 5. The maximum absolute atomic E-state index is 12.7. The second kappa shape index (κ2) is 10.6. The van der Waals surface area contributed by atoms with Gasteiger partial charge >= 0.3 is 0 Å². The molecule has 0 radical (unpaired) electrons. The van der Waals surface area contributed by atoms with Crippen LogP contribution in [0.5, 0.6) is 11.5 Å². The molecule has 0 spiro atoms. The summed E-state index contributed by atoms with van der Waals surface area (Å²) < 4.78 is 38.5. The number of ether oxygens (including phenoxy) is 2. The molecule has 168 valence electrons. The Hall–Kier alpha value is -2.94. The van der Waals surface area contributed by atoms with E-state index in [1.54, 1.807) is 48.5 Å². The summed E-state index contributed by atoms with van der Waals surface area (Å²) in [5.41, 5.74) is 0.904. The molecule has 3 aromatic rings. The summed E-state index contributed by atoms with van der Waals surface area (Å²) in [7, 11) is -3.88. The van der Waals surface area contributed by atoms with Gasteiger partial charge in [0.25, 0.3) is 15.9 Å². The highest BCUT2D eigenvalue weighted by Crippen LogP contribution is 2.28. The molecule has 32 heavy (non-hydrogen) atoms. The molecular weight excluding hydrogens is 475 g/mol. The molecule has 0 fully saturated rings. The number of carbonyl (C=O) groups excluding carboxylic acids is 1. The number of hydrogen-bond donors (Lipinski definition) is 2. The molecule has 0 bridgehead atoms. The van der Waals surface area contributed by atoms with Crippen LogP contribution < -0.4 is 19.5 Å². The Balaban J connectivity index is 1.62. The minimum absolute atomic E-state index is 0.0490. The third-order valence-corrected chi connectivity index (χ3v) is 6.01. The number of benzene rings is 3. The van der Waals surface area contributed by atoms with Gasteiger partial charge in [0.2, 0.25) is 0 Å². The van der Waals surface area contributed by atoms with Crippen LogP contribution >= 0.6 is 23.2 Å². The lowest BCUT2D eigenvalue weighted by atomic mass is 10.3. The first-order chi connectivity index (χ1) is 15.3. The third-order valence-electron chi connectivity index (χ3n) is 4.10. The van der Waals surface area contributed by atoms with E-state index >= 15 is 0 Å². The van der Waals surface area contributed by atoms with E-state index in [0.29, 0.717) is 28.8 Å². The van der Waals surface area contributed by atoms with Crippen molar-refractivity contribution in [3.63, 3.8) is 0 Å². The van der Waals surface area contributed by atoms with Crippen LogP contribution in [0, 0.1) is 0 Å². The van der Waals surface area contributed by atoms with E-state index in [0.717, 1.165) is 0 Å². The molecule has 0 saturated carbocycles. The molecule has 0 aliphatic rings. The normalized spacial score (nSPS) is 11.0. The van der Waals surface area contributed by atoms with Crippen LogP contribution in [-0.4, -0.2) is 27.5 Å². The Labute approximate surface area is 196 Å². The molecule has 1 amide bonds.